The maximum atomic E-state index is 12.6. The summed E-state index contributed by atoms with van der Waals surface area (Å²) in [5.41, 5.74) is 0.664. The molecule has 1 aromatic heterocycles. The summed E-state index contributed by atoms with van der Waals surface area (Å²) in [6, 6.07) is 0. The van der Waals surface area contributed by atoms with Crippen molar-refractivity contribution in [3.8, 4) is 0 Å². The van der Waals surface area contributed by atoms with E-state index in [4.69, 9.17) is 0 Å². The molecule has 0 radical (unpaired) electrons. The molecule has 0 bridgehead atoms. The number of amides is 2. The molecule has 136 valence electrons. The minimum Gasteiger partial charge on any atom is -0.342 e. The Labute approximate surface area is 152 Å². The van der Waals surface area contributed by atoms with Gasteiger partial charge in [-0.05, 0) is 18.8 Å². The number of nitrogens with zero attached hydrogens (tertiary/aromatic N) is 2. The molecule has 2 atom stereocenters. The zero-order valence-electron chi connectivity index (χ0n) is 14.8. The smallest absolute Gasteiger partial charge is 0.226 e. The highest BCUT2D eigenvalue weighted by atomic mass is 32.1. The molecule has 1 aliphatic heterocycles. The molecule has 3 rings (SSSR count). The van der Waals surface area contributed by atoms with Crippen LogP contribution in [0.25, 0.3) is 0 Å². The number of aromatic nitrogens is 1. The summed E-state index contributed by atoms with van der Waals surface area (Å²) in [7, 11) is 0. The van der Waals surface area contributed by atoms with E-state index in [0.717, 1.165) is 32.4 Å². The third-order valence-corrected chi connectivity index (χ3v) is 6.12. The normalized spacial score (nSPS) is 21.1. The monoisotopic (exact) mass is 363 g/mol. The fourth-order valence-corrected chi connectivity index (χ4v) is 4.34. The van der Waals surface area contributed by atoms with Gasteiger partial charge in [0.15, 0.2) is 10.9 Å². The van der Waals surface area contributed by atoms with E-state index >= 15 is 0 Å². The third-order valence-electron chi connectivity index (χ3n) is 5.07. The molecular weight excluding hydrogens is 338 g/mol. The van der Waals surface area contributed by atoms with Crippen LogP contribution in [0, 0.1) is 11.8 Å². The molecule has 1 aliphatic carbocycles. The molecule has 1 aromatic rings. The lowest BCUT2D eigenvalue weighted by Gasteiger charge is -2.24. The summed E-state index contributed by atoms with van der Waals surface area (Å²) in [6.07, 6.45) is 4.23. The highest BCUT2D eigenvalue weighted by Gasteiger charge is 2.35. The van der Waals surface area contributed by atoms with E-state index in [1.165, 1.54) is 11.3 Å². The number of carbonyl (C=O) groups excluding carboxylic acids is 3. The second kappa shape index (κ2) is 7.64. The number of fused-ring (bicyclic) bond motifs is 1. The van der Waals surface area contributed by atoms with E-state index < -0.39 is 0 Å². The fraction of sp³-hybridized carbons (Fsp3) is 0.667. The average molecular weight is 363 g/mol. The predicted octanol–water partition coefficient (Wildman–Crippen LogP) is 2.89. The Kier molecular flexibility index (Phi) is 5.51. The van der Waals surface area contributed by atoms with Crippen molar-refractivity contribution in [2.45, 2.75) is 52.4 Å². The van der Waals surface area contributed by atoms with Gasteiger partial charge < -0.3 is 10.2 Å². The van der Waals surface area contributed by atoms with E-state index in [9.17, 15) is 14.4 Å². The van der Waals surface area contributed by atoms with Gasteiger partial charge in [-0.25, -0.2) is 4.98 Å². The van der Waals surface area contributed by atoms with Crippen LogP contribution in [-0.4, -0.2) is 40.6 Å². The minimum absolute atomic E-state index is 0.0290. The Bertz CT molecular complexity index is 679. The first kappa shape index (κ1) is 18.0. The van der Waals surface area contributed by atoms with E-state index in [1.54, 1.807) is 0 Å². The lowest BCUT2D eigenvalue weighted by molar-refractivity contribution is -0.134. The summed E-state index contributed by atoms with van der Waals surface area (Å²) in [5, 5.41) is 3.28. The highest BCUT2D eigenvalue weighted by molar-refractivity contribution is 7.17. The van der Waals surface area contributed by atoms with Gasteiger partial charge in [0.2, 0.25) is 11.8 Å². The lowest BCUT2D eigenvalue weighted by Crippen LogP contribution is -2.37. The minimum atomic E-state index is -0.302. The number of Topliss-reactive ketones (excluding diaryl/α,β-unsaturated/α-hetero) is 1. The van der Waals surface area contributed by atoms with Crippen LogP contribution in [0.5, 0.6) is 0 Å². The predicted molar refractivity (Wildman–Crippen MR) is 96.8 cm³/mol. The van der Waals surface area contributed by atoms with Crippen LogP contribution in [0.3, 0.4) is 0 Å². The first-order valence-corrected chi connectivity index (χ1v) is 9.91. The molecular formula is C18H25N3O3S. The summed E-state index contributed by atoms with van der Waals surface area (Å²) in [4.78, 5) is 43.9. The van der Waals surface area contributed by atoms with Crippen LogP contribution in [0.2, 0.25) is 0 Å². The molecule has 6 nitrogen and oxygen atoms in total. The zero-order chi connectivity index (χ0) is 18.0. The average Bonchev–Trinajstić information content (AvgIpc) is 3.23. The second-order valence-corrected chi connectivity index (χ2v) is 8.12. The van der Waals surface area contributed by atoms with E-state index in [0.29, 0.717) is 34.5 Å². The van der Waals surface area contributed by atoms with Crippen molar-refractivity contribution < 1.29 is 14.4 Å². The van der Waals surface area contributed by atoms with Crippen LogP contribution in [0.4, 0.5) is 5.13 Å². The highest BCUT2D eigenvalue weighted by Crippen LogP contribution is 2.33. The number of hydrogen-bond donors (Lipinski definition) is 1. The Hall–Kier alpha value is -1.76. The number of thiazole rings is 1. The number of hydrogen-bond acceptors (Lipinski definition) is 5. The second-order valence-electron chi connectivity index (χ2n) is 7.12. The number of ketones is 1. The topological polar surface area (TPSA) is 79.4 Å². The van der Waals surface area contributed by atoms with E-state index in [-0.39, 0.29) is 29.9 Å². The van der Waals surface area contributed by atoms with Crippen LogP contribution in [-0.2, 0) is 16.0 Å². The largest absolute Gasteiger partial charge is 0.342 e. The Morgan fingerprint density at radius 2 is 2.04 bits per heavy atom. The first-order valence-electron chi connectivity index (χ1n) is 9.09. The number of carbonyl (C=O) groups is 3. The van der Waals surface area contributed by atoms with Crippen molar-refractivity contribution in [2.75, 3.05) is 18.4 Å². The molecule has 0 spiro atoms. The van der Waals surface area contributed by atoms with Crippen LogP contribution >= 0.6 is 11.3 Å². The van der Waals surface area contributed by atoms with Crippen molar-refractivity contribution >= 4 is 34.1 Å². The van der Waals surface area contributed by atoms with Gasteiger partial charge in [0.1, 0.15) is 0 Å². The van der Waals surface area contributed by atoms with E-state index in [1.807, 2.05) is 11.8 Å². The van der Waals surface area contributed by atoms with Crippen molar-refractivity contribution in [2.24, 2.45) is 11.8 Å². The number of anilines is 1. The van der Waals surface area contributed by atoms with Crippen LogP contribution in [0.1, 0.15) is 61.3 Å². The van der Waals surface area contributed by atoms with Gasteiger partial charge in [-0.3, -0.25) is 14.4 Å². The Morgan fingerprint density at radius 1 is 1.32 bits per heavy atom. The van der Waals surface area contributed by atoms with E-state index in [2.05, 4.69) is 17.2 Å². The van der Waals surface area contributed by atoms with Crippen LogP contribution < -0.4 is 5.32 Å². The van der Waals surface area contributed by atoms with Gasteiger partial charge in [-0.1, -0.05) is 31.6 Å². The van der Waals surface area contributed by atoms with Gasteiger partial charge in [0.25, 0.3) is 0 Å². The molecule has 2 amide bonds. The SMILES string of the molecule is CC[C@@H](C)CC(=O)Nc1nc2c(s1)C(=O)C[C@H](C(=O)N1CCCC1)C2. The molecule has 0 saturated carbocycles. The molecule has 1 N–H and O–H groups in total. The van der Waals surface area contributed by atoms with Gasteiger partial charge in [0.05, 0.1) is 16.5 Å². The maximum Gasteiger partial charge on any atom is 0.226 e. The Balaban J connectivity index is 1.67. The first-order chi connectivity index (χ1) is 12.0. The van der Waals surface area contributed by atoms with Gasteiger partial charge in [0, 0.05) is 32.4 Å². The van der Waals surface area contributed by atoms with Crippen LogP contribution in [0.15, 0.2) is 0 Å². The molecule has 2 heterocycles. The summed E-state index contributed by atoms with van der Waals surface area (Å²) in [6.45, 7) is 5.68. The molecule has 1 saturated heterocycles. The maximum absolute atomic E-state index is 12.6. The van der Waals surface area contributed by atoms with Crippen molar-refractivity contribution in [1.29, 1.82) is 0 Å². The number of nitrogens with one attached hydrogen (secondary N) is 1. The third kappa shape index (κ3) is 4.08. The van der Waals surface area contributed by atoms with Gasteiger partial charge in [-0.15, -0.1) is 0 Å². The van der Waals surface area contributed by atoms with Gasteiger partial charge in [-0.2, -0.15) is 0 Å². The standard InChI is InChI=1S/C18H25N3O3S/c1-3-11(2)8-15(23)20-18-19-13-9-12(10-14(22)16(13)25-18)17(24)21-6-4-5-7-21/h11-12H,3-10H2,1-2H3,(H,19,20,23)/t11-,12-/m1/s1. The quantitative estimate of drug-likeness (QED) is 0.872. The molecule has 2 aliphatic rings. The summed E-state index contributed by atoms with van der Waals surface area (Å²) >= 11 is 1.23. The lowest BCUT2D eigenvalue weighted by atomic mass is 9.89. The fourth-order valence-electron chi connectivity index (χ4n) is 3.38. The molecule has 1 fully saturated rings. The number of rotatable bonds is 5. The van der Waals surface area contributed by atoms with Gasteiger partial charge >= 0.3 is 0 Å². The zero-order valence-corrected chi connectivity index (χ0v) is 15.7. The van der Waals surface area contributed by atoms with Crippen molar-refractivity contribution in [1.82, 2.24) is 9.88 Å². The van der Waals surface area contributed by atoms with Crippen molar-refractivity contribution in [3.63, 3.8) is 0 Å². The Morgan fingerprint density at radius 3 is 2.72 bits per heavy atom. The summed E-state index contributed by atoms with van der Waals surface area (Å²) in [5.74, 6) is -0.00860. The molecule has 0 aromatic carbocycles. The summed E-state index contributed by atoms with van der Waals surface area (Å²) < 4.78 is 0. The van der Waals surface area contributed by atoms with Crippen molar-refractivity contribution in [3.05, 3.63) is 10.6 Å². The molecule has 25 heavy (non-hydrogen) atoms. The molecule has 0 unspecified atom stereocenters. The molecule has 7 heteroatoms. The number of likely N-dealkylation sites (tertiary alicyclic amines) is 1.